The van der Waals surface area contributed by atoms with Gasteiger partial charge >= 0.3 is 12.1 Å². The number of rotatable bonds is 12. The molecule has 0 aromatic carbocycles. The second kappa shape index (κ2) is 14.4. The number of oxazole rings is 1. The molecule has 2 aliphatic carbocycles. The first-order valence-corrected chi connectivity index (χ1v) is 15.8. The molecule has 0 aliphatic heterocycles. The van der Waals surface area contributed by atoms with E-state index in [-0.39, 0.29) is 23.3 Å². The molecule has 2 atom stereocenters. The van der Waals surface area contributed by atoms with Crippen molar-refractivity contribution in [3.05, 3.63) is 42.2 Å². The summed E-state index contributed by atoms with van der Waals surface area (Å²) in [7, 11) is 3.18. The Balaban J connectivity index is 1.20. The molecule has 2 unspecified atom stereocenters. The number of nitrogens with one attached hydrogen (secondary N) is 1. The zero-order valence-corrected chi connectivity index (χ0v) is 26.4. The number of hydrogen-bond acceptors (Lipinski definition) is 10. The Morgan fingerprint density at radius 2 is 1.96 bits per heavy atom. The molecule has 12 nitrogen and oxygen atoms in total. The van der Waals surface area contributed by atoms with Gasteiger partial charge in [-0.2, -0.15) is 5.10 Å². The molecule has 0 saturated heterocycles. The molecule has 2 aliphatic rings. The summed E-state index contributed by atoms with van der Waals surface area (Å²) in [6.45, 7) is 6.39. The van der Waals surface area contributed by atoms with Crippen LogP contribution >= 0.6 is 0 Å². The van der Waals surface area contributed by atoms with Crippen molar-refractivity contribution in [2.75, 3.05) is 23.8 Å². The van der Waals surface area contributed by atoms with Gasteiger partial charge in [-0.25, -0.2) is 23.5 Å². The van der Waals surface area contributed by atoms with Crippen LogP contribution in [-0.4, -0.2) is 64.8 Å². The number of nitrogens with zero attached hydrogens (tertiary/aromatic N) is 5. The number of pyridine rings is 1. The molecular formula is C31H39BF2N6O6. The highest BCUT2D eigenvalue weighted by atomic mass is 19.3. The third-order valence-electron chi connectivity index (χ3n) is 8.49. The van der Waals surface area contributed by atoms with Gasteiger partial charge < -0.3 is 24.1 Å². The first-order chi connectivity index (χ1) is 22.0. The monoisotopic (exact) mass is 640 g/mol. The minimum atomic E-state index is -2.94. The van der Waals surface area contributed by atoms with Crippen LogP contribution in [0.3, 0.4) is 0 Å². The Hall–Kier alpha value is -4.30. The van der Waals surface area contributed by atoms with E-state index in [4.69, 9.17) is 13.9 Å². The topological polar surface area (TPSA) is 142 Å². The lowest BCUT2D eigenvalue weighted by Crippen LogP contribution is -2.28. The van der Waals surface area contributed by atoms with Gasteiger partial charge in [-0.05, 0) is 69.9 Å². The molecule has 1 amide bonds. The summed E-state index contributed by atoms with van der Waals surface area (Å²) in [6.07, 6.45) is 3.89. The van der Waals surface area contributed by atoms with Crippen LogP contribution in [0.5, 0.6) is 0 Å². The molecule has 0 radical (unpaired) electrons. The highest BCUT2D eigenvalue weighted by Crippen LogP contribution is 2.42. The fraction of sp³-hybridized carbons (Fsp3) is 0.548. The molecule has 46 heavy (non-hydrogen) atoms. The van der Waals surface area contributed by atoms with E-state index in [0.29, 0.717) is 37.2 Å². The van der Waals surface area contributed by atoms with Gasteiger partial charge in [0.15, 0.2) is 11.4 Å². The van der Waals surface area contributed by atoms with Crippen molar-refractivity contribution in [1.82, 2.24) is 19.7 Å². The Morgan fingerprint density at radius 1 is 1.20 bits per heavy atom. The molecule has 15 heteroatoms. The van der Waals surface area contributed by atoms with E-state index in [9.17, 15) is 23.2 Å². The van der Waals surface area contributed by atoms with Gasteiger partial charge in [-0.15, -0.1) is 0 Å². The number of carbonyl (C=O) groups excluding carboxylic acids is 3. The van der Waals surface area contributed by atoms with Crippen LogP contribution in [0.25, 0.3) is 11.5 Å². The summed E-state index contributed by atoms with van der Waals surface area (Å²) < 4.78 is 44.5. The molecule has 3 heterocycles. The van der Waals surface area contributed by atoms with Crippen LogP contribution in [0.15, 0.2) is 35.2 Å². The molecule has 2 fully saturated rings. The Labute approximate surface area is 266 Å². The molecule has 1 N–H and O–H groups in total. The smallest absolute Gasteiger partial charge is 0.444 e. The first-order valence-electron chi connectivity index (χ1n) is 15.8. The van der Waals surface area contributed by atoms with Crippen LogP contribution in [0.2, 0.25) is 13.1 Å². The third-order valence-corrected chi connectivity index (χ3v) is 8.49. The number of anilines is 2. The normalized spacial score (nSPS) is 20.8. The molecule has 3 aromatic heterocycles. The molecule has 2 saturated carbocycles. The maximum absolute atomic E-state index is 13.9. The van der Waals surface area contributed by atoms with Crippen LogP contribution in [0.4, 0.5) is 25.1 Å². The van der Waals surface area contributed by atoms with E-state index in [2.05, 4.69) is 32.1 Å². The second-order valence-electron chi connectivity index (χ2n) is 12.4. The number of aromatic nitrogens is 4. The van der Waals surface area contributed by atoms with Crippen molar-refractivity contribution >= 4 is 36.8 Å². The standard InChI is InChI=1S/C31H39BF2N6O6/c1-17(2)45-31(43)46-30(42)18-5-7-22(8-6-18)40-15-23(26(38-40)27(33)34)36-28(41)24-16-44-29(37-24)19-9-10-35-25(12-19)39(4)14-21-11-20(21)13-32-3/h9-10,12,15-18,20-22,27,32H,5-8,11,13-14H2,1-4H3,(H,36,41). The minimum Gasteiger partial charge on any atom is -0.444 e. The van der Waals surface area contributed by atoms with Gasteiger partial charge in [0.2, 0.25) is 5.89 Å². The summed E-state index contributed by atoms with van der Waals surface area (Å²) in [6, 6.07) is 3.28. The van der Waals surface area contributed by atoms with Gasteiger partial charge in [-0.1, -0.05) is 13.1 Å². The predicted octanol–water partition coefficient (Wildman–Crippen LogP) is 5.92. The van der Waals surface area contributed by atoms with Crippen molar-refractivity contribution < 1.29 is 37.1 Å². The molecule has 0 spiro atoms. The number of carbonyl (C=O) groups is 3. The zero-order chi connectivity index (χ0) is 33.0. The number of ether oxygens (including phenoxy) is 2. The van der Waals surface area contributed by atoms with Crippen molar-refractivity contribution in [3.63, 3.8) is 0 Å². The van der Waals surface area contributed by atoms with Crippen molar-refractivity contribution in [2.45, 2.75) is 77.7 Å². The second-order valence-corrected chi connectivity index (χ2v) is 12.4. The van der Waals surface area contributed by atoms with Gasteiger partial charge in [0, 0.05) is 31.5 Å². The summed E-state index contributed by atoms with van der Waals surface area (Å²) >= 11 is 0. The van der Waals surface area contributed by atoms with Crippen molar-refractivity contribution in [3.8, 4) is 11.5 Å². The SMILES string of the molecule is CBCC1CC1CN(C)c1cc(-c2nc(C(=O)Nc3cn(C4CCC(C(=O)OC(=O)OC(C)C)CC4)nc3C(F)F)co2)ccn1. The fourth-order valence-electron chi connectivity index (χ4n) is 5.97. The average molecular weight is 640 g/mol. The Morgan fingerprint density at radius 3 is 2.65 bits per heavy atom. The van der Waals surface area contributed by atoms with E-state index in [1.54, 1.807) is 26.1 Å². The lowest BCUT2D eigenvalue weighted by Gasteiger charge is -2.27. The lowest BCUT2D eigenvalue weighted by atomic mass is 9.75. The molecule has 3 aromatic rings. The van der Waals surface area contributed by atoms with Crippen molar-refractivity contribution in [2.24, 2.45) is 17.8 Å². The van der Waals surface area contributed by atoms with Gasteiger partial charge in [0.25, 0.3) is 12.3 Å². The summed E-state index contributed by atoms with van der Waals surface area (Å²) in [5.74, 6) is 0.484. The van der Waals surface area contributed by atoms with Crippen molar-refractivity contribution in [1.29, 1.82) is 0 Å². The summed E-state index contributed by atoms with van der Waals surface area (Å²) in [4.78, 5) is 47.9. The first kappa shape index (κ1) is 33.1. The van der Waals surface area contributed by atoms with Crippen LogP contribution in [0, 0.1) is 17.8 Å². The van der Waals surface area contributed by atoms with Gasteiger partial charge in [0.05, 0.1) is 23.8 Å². The maximum atomic E-state index is 13.9. The minimum absolute atomic E-state index is 0.0786. The van der Waals surface area contributed by atoms with Gasteiger partial charge in [0.1, 0.15) is 19.4 Å². The number of hydrogen-bond donors (Lipinski definition) is 1. The fourth-order valence-corrected chi connectivity index (χ4v) is 5.97. The zero-order valence-electron chi connectivity index (χ0n) is 26.4. The Bertz CT molecular complexity index is 1540. The van der Waals surface area contributed by atoms with Crippen LogP contribution in [-0.2, 0) is 14.3 Å². The number of halogens is 2. The summed E-state index contributed by atoms with van der Waals surface area (Å²) in [5.41, 5.74) is -0.162. The molecular weight excluding hydrogens is 601 g/mol. The summed E-state index contributed by atoms with van der Waals surface area (Å²) in [5, 5.41) is 6.55. The van der Waals surface area contributed by atoms with Gasteiger partial charge in [-0.3, -0.25) is 14.3 Å². The third kappa shape index (κ3) is 8.10. The highest BCUT2D eigenvalue weighted by molar-refractivity contribution is 6.33. The lowest BCUT2D eigenvalue weighted by molar-refractivity contribution is -0.146. The maximum Gasteiger partial charge on any atom is 0.516 e. The quantitative estimate of drug-likeness (QED) is 0.144. The molecule has 0 bridgehead atoms. The number of amides is 1. The average Bonchev–Trinajstić information content (AvgIpc) is 3.38. The van der Waals surface area contributed by atoms with Crippen LogP contribution in [0.1, 0.15) is 74.6 Å². The molecule has 5 rings (SSSR count). The number of alkyl halides is 2. The van der Waals surface area contributed by atoms with E-state index < -0.39 is 42.2 Å². The Kier molecular flexibility index (Phi) is 10.4. The molecule has 246 valence electrons. The van der Waals surface area contributed by atoms with E-state index >= 15 is 0 Å². The predicted molar refractivity (Wildman–Crippen MR) is 166 cm³/mol. The largest absolute Gasteiger partial charge is 0.516 e. The number of esters is 1. The van der Waals surface area contributed by atoms with E-state index in [0.717, 1.165) is 18.3 Å². The van der Waals surface area contributed by atoms with Crippen LogP contribution < -0.4 is 10.2 Å². The van der Waals surface area contributed by atoms with E-state index in [1.165, 1.54) is 37.2 Å². The van der Waals surface area contributed by atoms with E-state index in [1.807, 2.05) is 13.1 Å². The highest BCUT2D eigenvalue weighted by Gasteiger charge is 2.37.